The standard InChI is InChI=1S/C31H44N6O9/c1-18(2)26(29(44)33-19(3)27(42)34-21-9-7-20(17-38)8-10-21)36-23(39)12-11-22(35-30(45)46-31(4,5)6)28(43)32-15-16-37-24(40)13-14-25(37)41/h7-10,13-14,18-19,22,26,38H,11-12,15-17H2,1-6H3,(H,32,43)(H,33,44)(H,34,42)(H,35,45)(H,36,39)/t19-,22-,26-/m0/s1. The van der Waals surface area contributed by atoms with Gasteiger partial charge in [-0.25, -0.2) is 4.79 Å². The lowest BCUT2D eigenvalue weighted by molar-refractivity contribution is -0.137. The maximum absolute atomic E-state index is 13.0. The van der Waals surface area contributed by atoms with Crippen molar-refractivity contribution in [3.63, 3.8) is 0 Å². The third-order valence-corrected chi connectivity index (χ3v) is 6.62. The first-order chi connectivity index (χ1) is 21.5. The molecule has 15 nitrogen and oxygen atoms in total. The number of aliphatic hydroxyl groups is 1. The van der Waals surface area contributed by atoms with E-state index in [-0.39, 0.29) is 38.5 Å². The second kappa shape index (κ2) is 17.1. The number of hydrogen-bond donors (Lipinski definition) is 6. The highest BCUT2D eigenvalue weighted by molar-refractivity contribution is 6.12. The summed E-state index contributed by atoms with van der Waals surface area (Å²) in [5.41, 5.74) is 0.293. The van der Waals surface area contributed by atoms with Gasteiger partial charge in [0, 0.05) is 37.3 Å². The summed E-state index contributed by atoms with van der Waals surface area (Å²) in [5, 5.41) is 22.0. The normalized spacial score (nSPS) is 14.7. The number of nitrogens with zero attached hydrogens (tertiary/aromatic N) is 1. The number of ether oxygens (including phenoxy) is 1. The van der Waals surface area contributed by atoms with Gasteiger partial charge in [0.25, 0.3) is 11.8 Å². The minimum absolute atomic E-state index is 0.0896. The van der Waals surface area contributed by atoms with E-state index in [0.29, 0.717) is 11.3 Å². The molecule has 0 saturated heterocycles. The van der Waals surface area contributed by atoms with E-state index in [2.05, 4.69) is 26.6 Å². The van der Waals surface area contributed by atoms with E-state index in [1.54, 1.807) is 58.9 Å². The number of amides is 7. The Hall–Kier alpha value is -4.79. The first kappa shape index (κ1) is 37.4. The third-order valence-electron chi connectivity index (χ3n) is 6.62. The number of carbonyl (C=O) groups excluding carboxylic acids is 7. The van der Waals surface area contributed by atoms with Gasteiger partial charge in [0.15, 0.2) is 0 Å². The molecule has 0 unspecified atom stereocenters. The van der Waals surface area contributed by atoms with Crippen LogP contribution in [0.3, 0.4) is 0 Å². The zero-order valence-corrected chi connectivity index (χ0v) is 27.0. The molecule has 1 aliphatic heterocycles. The van der Waals surface area contributed by atoms with E-state index in [1.165, 1.54) is 6.92 Å². The summed E-state index contributed by atoms with van der Waals surface area (Å²) < 4.78 is 5.24. The highest BCUT2D eigenvalue weighted by atomic mass is 16.6. The van der Waals surface area contributed by atoms with Gasteiger partial charge >= 0.3 is 6.09 Å². The van der Waals surface area contributed by atoms with Crippen molar-refractivity contribution >= 4 is 47.2 Å². The molecule has 1 aromatic carbocycles. The number of hydrogen-bond acceptors (Lipinski definition) is 9. The fraction of sp³-hybridized carbons (Fsp3) is 0.516. The minimum Gasteiger partial charge on any atom is -0.444 e. The van der Waals surface area contributed by atoms with Crippen LogP contribution in [0.5, 0.6) is 0 Å². The molecule has 0 radical (unpaired) electrons. The van der Waals surface area contributed by atoms with Crippen LogP contribution in [-0.2, 0) is 40.1 Å². The van der Waals surface area contributed by atoms with E-state index >= 15 is 0 Å². The second-order valence-corrected chi connectivity index (χ2v) is 12.1. The van der Waals surface area contributed by atoms with Crippen LogP contribution in [0, 0.1) is 5.92 Å². The maximum Gasteiger partial charge on any atom is 0.408 e. The Morgan fingerprint density at radius 1 is 0.870 bits per heavy atom. The third kappa shape index (κ3) is 12.3. The predicted octanol–water partition coefficient (Wildman–Crippen LogP) is 0.478. The Kier molecular flexibility index (Phi) is 13.9. The predicted molar refractivity (Wildman–Crippen MR) is 167 cm³/mol. The molecule has 6 N–H and O–H groups in total. The van der Waals surface area contributed by atoms with Gasteiger partial charge in [-0.15, -0.1) is 0 Å². The van der Waals surface area contributed by atoms with Gasteiger partial charge in [0.2, 0.25) is 23.6 Å². The Morgan fingerprint density at radius 3 is 2.02 bits per heavy atom. The molecule has 0 saturated carbocycles. The highest BCUT2D eigenvalue weighted by Gasteiger charge is 2.30. The Bertz CT molecular complexity index is 1300. The summed E-state index contributed by atoms with van der Waals surface area (Å²) in [6.45, 7) is 9.53. The molecule has 15 heteroatoms. The molecule has 0 aliphatic carbocycles. The molecule has 46 heavy (non-hydrogen) atoms. The van der Waals surface area contributed by atoms with Crippen molar-refractivity contribution in [3.05, 3.63) is 42.0 Å². The summed E-state index contributed by atoms with van der Waals surface area (Å²) in [4.78, 5) is 88.4. The number of aliphatic hydroxyl groups excluding tert-OH is 1. The number of benzene rings is 1. The lowest BCUT2D eigenvalue weighted by atomic mass is 10.0. The summed E-state index contributed by atoms with van der Waals surface area (Å²) in [6, 6.07) is 3.36. The molecule has 0 bridgehead atoms. The van der Waals surface area contributed by atoms with Crippen molar-refractivity contribution < 1.29 is 43.4 Å². The van der Waals surface area contributed by atoms with Crippen LogP contribution in [0.4, 0.5) is 10.5 Å². The summed E-state index contributed by atoms with van der Waals surface area (Å²) >= 11 is 0. The number of nitrogens with one attached hydrogen (secondary N) is 5. The molecular weight excluding hydrogens is 600 g/mol. The van der Waals surface area contributed by atoms with Gasteiger partial charge in [0.1, 0.15) is 23.7 Å². The molecule has 3 atom stereocenters. The lowest BCUT2D eigenvalue weighted by Gasteiger charge is -2.25. The van der Waals surface area contributed by atoms with Crippen molar-refractivity contribution in [1.82, 2.24) is 26.2 Å². The Labute approximate surface area is 267 Å². The van der Waals surface area contributed by atoms with Gasteiger partial charge in [0.05, 0.1) is 6.61 Å². The molecule has 252 valence electrons. The maximum atomic E-state index is 13.0. The summed E-state index contributed by atoms with van der Waals surface area (Å²) in [6.07, 6.45) is 0.917. The molecule has 1 aliphatic rings. The van der Waals surface area contributed by atoms with E-state index in [9.17, 15) is 33.6 Å². The second-order valence-electron chi connectivity index (χ2n) is 12.1. The fourth-order valence-corrected chi connectivity index (χ4v) is 4.15. The molecular formula is C31H44N6O9. The molecule has 7 amide bonds. The topological polar surface area (TPSA) is 212 Å². The SMILES string of the molecule is CC(C)[C@H](NC(=O)CC[C@H](NC(=O)OC(C)(C)C)C(=O)NCCN1C(=O)C=CC1=O)C(=O)N[C@@H](C)C(=O)Nc1ccc(CO)cc1. The van der Waals surface area contributed by atoms with Crippen molar-refractivity contribution in [2.24, 2.45) is 5.92 Å². The van der Waals surface area contributed by atoms with Gasteiger partial charge in [-0.3, -0.25) is 33.7 Å². The quantitative estimate of drug-likeness (QED) is 0.146. The van der Waals surface area contributed by atoms with E-state index in [0.717, 1.165) is 17.1 Å². The van der Waals surface area contributed by atoms with Crippen LogP contribution >= 0.6 is 0 Å². The average molecular weight is 645 g/mol. The largest absolute Gasteiger partial charge is 0.444 e. The van der Waals surface area contributed by atoms with Crippen LogP contribution in [0.25, 0.3) is 0 Å². The Morgan fingerprint density at radius 2 is 1.48 bits per heavy atom. The molecule has 0 spiro atoms. The van der Waals surface area contributed by atoms with E-state index in [1.807, 2.05) is 0 Å². The van der Waals surface area contributed by atoms with Crippen molar-refractivity contribution in [1.29, 1.82) is 0 Å². The van der Waals surface area contributed by atoms with Crippen LogP contribution in [-0.4, -0.2) is 88.4 Å². The molecule has 1 aromatic rings. The molecule has 0 aromatic heterocycles. The molecule has 1 heterocycles. The fourth-order valence-electron chi connectivity index (χ4n) is 4.15. The van der Waals surface area contributed by atoms with Crippen molar-refractivity contribution in [3.8, 4) is 0 Å². The van der Waals surface area contributed by atoms with Gasteiger partial charge < -0.3 is 36.4 Å². The number of anilines is 1. The van der Waals surface area contributed by atoms with E-state index in [4.69, 9.17) is 9.84 Å². The lowest BCUT2D eigenvalue weighted by Crippen LogP contribution is -2.54. The smallest absolute Gasteiger partial charge is 0.408 e. The Balaban J connectivity index is 1.97. The van der Waals surface area contributed by atoms with Crippen molar-refractivity contribution in [2.45, 2.75) is 84.7 Å². The molecule has 0 fully saturated rings. The summed E-state index contributed by atoms with van der Waals surface area (Å²) in [5.74, 6) is -3.72. The zero-order valence-electron chi connectivity index (χ0n) is 27.0. The van der Waals surface area contributed by atoms with Gasteiger partial charge in [-0.1, -0.05) is 26.0 Å². The molecule has 2 rings (SSSR count). The van der Waals surface area contributed by atoms with Crippen LogP contribution in [0.15, 0.2) is 36.4 Å². The van der Waals surface area contributed by atoms with Crippen LogP contribution in [0.1, 0.15) is 59.9 Å². The highest BCUT2D eigenvalue weighted by Crippen LogP contribution is 2.11. The first-order valence-corrected chi connectivity index (χ1v) is 14.9. The summed E-state index contributed by atoms with van der Waals surface area (Å²) in [7, 11) is 0. The van der Waals surface area contributed by atoms with E-state index < -0.39 is 65.3 Å². The average Bonchev–Trinajstić information content (AvgIpc) is 3.29. The van der Waals surface area contributed by atoms with Crippen LogP contribution in [0.2, 0.25) is 0 Å². The number of carbonyl (C=O) groups is 7. The van der Waals surface area contributed by atoms with Gasteiger partial charge in [-0.05, 0) is 57.7 Å². The van der Waals surface area contributed by atoms with Crippen LogP contribution < -0.4 is 26.6 Å². The van der Waals surface area contributed by atoms with Crippen molar-refractivity contribution in [2.75, 3.05) is 18.4 Å². The minimum atomic E-state index is -1.22. The number of imide groups is 1. The van der Waals surface area contributed by atoms with Gasteiger partial charge in [-0.2, -0.15) is 0 Å². The zero-order chi connectivity index (χ0) is 34.6. The number of rotatable bonds is 15. The monoisotopic (exact) mass is 644 g/mol. The number of alkyl carbamates (subject to hydrolysis) is 1. The first-order valence-electron chi connectivity index (χ1n) is 14.9.